The van der Waals surface area contributed by atoms with Gasteiger partial charge in [0.15, 0.2) is 5.82 Å². The van der Waals surface area contributed by atoms with Crippen LogP contribution in [0.3, 0.4) is 0 Å². The van der Waals surface area contributed by atoms with Gasteiger partial charge in [0.25, 0.3) is 0 Å². The van der Waals surface area contributed by atoms with Gasteiger partial charge >= 0.3 is 6.03 Å². The number of urea groups is 1. The van der Waals surface area contributed by atoms with E-state index in [0.717, 1.165) is 24.2 Å². The van der Waals surface area contributed by atoms with E-state index in [9.17, 15) is 4.79 Å². The van der Waals surface area contributed by atoms with E-state index in [-0.39, 0.29) is 17.5 Å². The lowest BCUT2D eigenvalue weighted by atomic mass is 9.96. The lowest BCUT2D eigenvalue weighted by Crippen LogP contribution is -2.35. The Morgan fingerprint density at radius 2 is 1.90 bits per heavy atom. The molecule has 8 nitrogen and oxygen atoms in total. The number of nitrogens with one attached hydrogen (secondary N) is 2. The van der Waals surface area contributed by atoms with Crippen LogP contribution in [-0.4, -0.2) is 42.6 Å². The number of carbonyl (C=O) groups is 1. The van der Waals surface area contributed by atoms with E-state index >= 15 is 0 Å². The van der Waals surface area contributed by atoms with Crippen LogP contribution in [0.4, 0.5) is 10.5 Å². The van der Waals surface area contributed by atoms with Crippen molar-refractivity contribution < 1.29 is 4.79 Å². The van der Waals surface area contributed by atoms with Gasteiger partial charge in [-0.2, -0.15) is 5.10 Å². The Balaban J connectivity index is 1.47. The van der Waals surface area contributed by atoms with Gasteiger partial charge in [-0.1, -0.05) is 51.1 Å². The molecule has 2 N–H and O–H groups in total. The fraction of sp³-hybridized carbons (Fsp3) is 0.381. The van der Waals surface area contributed by atoms with Gasteiger partial charge < -0.3 is 10.2 Å². The second-order valence-electron chi connectivity index (χ2n) is 8.24. The predicted octanol–water partition coefficient (Wildman–Crippen LogP) is 3.93. The van der Waals surface area contributed by atoms with Gasteiger partial charge in [-0.3, -0.25) is 5.10 Å². The zero-order valence-corrected chi connectivity index (χ0v) is 16.9. The van der Waals surface area contributed by atoms with E-state index in [2.05, 4.69) is 51.2 Å². The first-order chi connectivity index (χ1) is 13.9. The van der Waals surface area contributed by atoms with Crippen molar-refractivity contribution in [3.05, 3.63) is 54.4 Å². The molecule has 0 radical (unpaired) electrons. The van der Waals surface area contributed by atoms with Gasteiger partial charge in [0, 0.05) is 17.5 Å². The second kappa shape index (κ2) is 7.62. The summed E-state index contributed by atoms with van der Waals surface area (Å²) in [5, 5.41) is 10.2. The lowest BCUT2D eigenvalue weighted by Gasteiger charge is -2.23. The zero-order valence-electron chi connectivity index (χ0n) is 16.9. The Bertz CT molecular complexity index is 976. The Kier molecular flexibility index (Phi) is 5.00. The highest BCUT2D eigenvalue weighted by Gasteiger charge is 2.32. The maximum atomic E-state index is 12.9. The van der Waals surface area contributed by atoms with Gasteiger partial charge in [0.2, 0.25) is 0 Å². The molecule has 1 aliphatic rings. The van der Waals surface area contributed by atoms with Crippen LogP contribution in [0.25, 0.3) is 11.4 Å². The van der Waals surface area contributed by atoms with Crippen molar-refractivity contribution in [1.29, 1.82) is 0 Å². The first-order valence-electron chi connectivity index (χ1n) is 9.80. The van der Waals surface area contributed by atoms with Gasteiger partial charge in [0.1, 0.15) is 11.6 Å². The van der Waals surface area contributed by atoms with Crippen molar-refractivity contribution >= 4 is 11.7 Å². The molecule has 0 unspecified atom stereocenters. The highest BCUT2D eigenvalue weighted by atomic mass is 16.2. The van der Waals surface area contributed by atoms with Crippen LogP contribution in [0.15, 0.2) is 42.7 Å². The third kappa shape index (κ3) is 4.11. The number of anilines is 1. The summed E-state index contributed by atoms with van der Waals surface area (Å²) in [6.45, 7) is 6.82. The summed E-state index contributed by atoms with van der Waals surface area (Å²) >= 11 is 0. The van der Waals surface area contributed by atoms with Crippen molar-refractivity contribution in [1.82, 2.24) is 30.0 Å². The Labute approximate surface area is 169 Å². The number of H-pyrrole nitrogens is 1. The fourth-order valence-electron chi connectivity index (χ4n) is 3.41. The number of aromatic amines is 1. The number of amides is 2. The summed E-state index contributed by atoms with van der Waals surface area (Å²) in [6, 6.07) is 9.48. The molecule has 1 aromatic carbocycles. The average Bonchev–Trinajstić information content (AvgIpc) is 3.38. The zero-order chi connectivity index (χ0) is 20.4. The maximum Gasteiger partial charge on any atom is 0.322 e. The SMILES string of the molecule is CC(C)(C)c1ncc(NC(=O)N2CCC[C@@H]2c2nc(-c3ccccc3)n[nH]2)cn1. The molecule has 2 aromatic heterocycles. The predicted molar refractivity (Wildman–Crippen MR) is 110 cm³/mol. The molecule has 0 spiro atoms. The number of hydrogen-bond acceptors (Lipinski definition) is 5. The normalized spacial score (nSPS) is 16.8. The third-order valence-electron chi connectivity index (χ3n) is 4.94. The number of rotatable bonds is 3. The van der Waals surface area contributed by atoms with Crippen LogP contribution in [0.1, 0.15) is 51.3 Å². The summed E-state index contributed by atoms with van der Waals surface area (Å²) in [5.41, 5.74) is 1.39. The van der Waals surface area contributed by atoms with E-state index < -0.39 is 0 Å². The average molecular weight is 391 g/mol. The monoisotopic (exact) mass is 391 g/mol. The summed E-state index contributed by atoms with van der Waals surface area (Å²) < 4.78 is 0. The molecule has 0 bridgehead atoms. The number of carbonyl (C=O) groups excluding carboxylic acids is 1. The molecule has 4 rings (SSSR count). The molecule has 3 heterocycles. The molecule has 2 amide bonds. The quantitative estimate of drug-likeness (QED) is 0.705. The molecule has 150 valence electrons. The van der Waals surface area contributed by atoms with E-state index in [0.29, 0.717) is 23.9 Å². The van der Waals surface area contributed by atoms with Crippen LogP contribution in [0.2, 0.25) is 0 Å². The minimum Gasteiger partial charge on any atom is -0.314 e. The van der Waals surface area contributed by atoms with E-state index in [1.165, 1.54) is 0 Å². The minimum atomic E-state index is -0.183. The topological polar surface area (TPSA) is 99.7 Å². The number of nitrogens with zero attached hydrogens (tertiary/aromatic N) is 5. The molecule has 0 saturated carbocycles. The van der Waals surface area contributed by atoms with Gasteiger partial charge in [0.05, 0.1) is 24.1 Å². The van der Waals surface area contributed by atoms with Crippen molar-refractivity contribution in [3.8, 4) is 11.4 Å². The molecule has 1 aliphatic heterocycles. The number of aromatic nitrogens is 5. The van der Waals surface area contributed by atoms with Gasteiger partial charge in [-0.25, -0.2) is 19.7 Å². The highest BCUT2D eigenvalue weighted by molar-refractivity contribution is 5.89. The fourth-order valence-corrected chi connectivity index (χ4v) is 3.41. The lowest BCUT2D eigenvalue weighted by molar-refractivity contribution is 0.205. The van der Waals surface area contributed by atoms with Crippen LogP contribution in [0.5, 0.6) is 0 Å². The Morgan fingerprint density at radius 1 is 1.17 bits per heavy atom. The van der Waals surface area contributed by atoms with Crippen LogP contribution in [0, 0.1) is 0 Å². The summed E-state index contributed by atoms with van der Waals surface area (Å²) in [4.78, 5) is 28.0. The molecule has 29 heavy (non-hydrogen) atoms. The van der Waals surface area contributed by atoms with E-state index in [1.54, 1.807) is 17.3 Å². The van der Waals surface area contributed by atoms with Crippen LogP contribution < -0.4 is 5.32 Å². The molecular formula is C21H25N7O. The minimum absolute atomic E-state index is 0.130. The Hall–Kier alpha value is -3.29. The summed E-state index contributed by atoms with van der Waals surface area (Å²) in [7, 11) is 0. The third-order valence-corrected chi connectivity index (χ3v) is 4.94. The van der Waals surface area contributed by atoms with Gasteiger partial charge in [-0.05, 0) is 12.8 Å². The largest absolute Gasteiger partial charge is 0.322 e. The number of benzene rings is 1. The molecule has 1 atom stereocenters. The van der Waals surface area contributed by atoms with E-state index in [4.69, 9.17) is 0 Å². The standard InChI is InChI=1S/C21H25N7O/c1-21(2,3)19-22-12-15(13-23-19)24-20(29)28-11-7-10-16(28)18-25-17(26-27-18)14-8-5-4-6-9-14/h4-6,8-9,12-13,16H,7,10-11H2,1-3H3,(H,24,29)(H,25,26,27)/t16-/m1/s1. The first-order valence-corrected chi connectivity index (χ1v) is 9.80. The second-order valence-corrected chi connectivity index (χ2v) is 8.24. The Morgan fingerprint density at radius 3 is 2.59 bits per heavy atom. The molecule has 1 fully saturated rings. The van der Waals surface area contributed by atoms with E-state index in [1.807, 2.05) is 30.3 Å². The number of likely N-dealkylation sites (tertiary alicyclic amines) is 1. The van der Waals surface area contributed by atoms with Gasteiger partial charge in [-0.15, -0.1) is 0 Å². The molecule has 1 saturated heterocycles. The van der Waals surface area contributed by atoms with Crippen molar-refractivity contribution in [2.45, 2.75) is 45.1 Å². The maximum absolute atomic E-state index is 12.9. The van der Waals surface area contributed by atoms with Crippen LogP contribution in [-0.2, 0) is 5.41 Å². The smallest absolute Gasteiger partial charge is 0.314 e. The van der Waals surface area contributed by atoms with Crippen molar-refractivity contribution in [2.24, 2.45) is 0 Å². The molecule has 8 heteroatoms. The molecular weight excluding hydrogens is 366 g/mol. The first kappa shape index (κ1) is 19.0. The van der Waals surface area contributed by atoms with Crippen LogP contribution >= 0.6 is 0 Å². The highest BCUT2D eigenvalue weighted by Crippen LogP contribution is 2.31. The molecule has 3 aromatic rings. The molecule has 0 aliphatic carbocycles. The number of hydrogen-bond donors (Lipinski definition) is 2. The summed E-state index contributed by atoms with van der Waals surface area (Å²) in [5.74, 6) is 2.08. The van der Waals surface area contributed by atoms with Crippen molar-refractivity contribution in [3.63, 3.8) is 0 Å². The summed E-state index contributed by atoms with van der Waals surface area (Å²) in [6.07, 6.45) is 5.06. The van der Waals surface area contributed by atoms with Crippen molar-refractivity contribution in [2.75, 3.05) is 11.9 Å².